The largest absolute Gasteiger partial charge is 0.367 e. The van der Waals surface area contributed by atoms with Crippen LogP contribution in [0.5, 0.6) is 0 Å². The number of carbonyl (C=O) groups is 2. The first-order valence-electron chi connectivity index (χ1n) is 7.82. The minimum absolute atomic E-state index is 0.0602. The highest BCUT2D eigenvalue weighted by atomic mass is 16.5. The predicted octanol–water partition coefficient (Wildman–Crippen LogP) is 1.60. The molecule has 22 heavy (non-hydrogen) atoms. The number of amides is 2. The average Bonchev–Trinajstić information content (AvgIpc) is 3.01. The Morgan fingerprint density at radius 1 is 1.32 bits per heavy atom. The fourth-order valence-electron chi connectivity index (χ4n) is 3.51. The zero-order valence-electron chi connectivity index (χ0n) is 13.1. The lowest BCUT2D eigenvalue weighted by Crippen LogP contribution is -2.60. The number of piperazine rings is 1. The Balaban J connectivity index is 1.82. The van der Waals surface area contributed by atoms with Crippen molar-refractivity contribution in [2.24, 2.45) is 0 Å². The SMILES string of the molecule is CO[C@@H](C(=O)N1C[C@@H]2CCCN2C(=O)[C@H]1C)c1ccccc1. The van der Waals surface area contributed by atoms with Gasteiger partial charge in [0.05, 0.1) is 0 Å². The second-order valence-electron chi connectivity index (χ2n) is 6.02. The molecule has 3 rings (SSSR count). The van der Waals surface area contributed by atoms with Crippen LogP contribution in [-0.2, 0) is 14.3 Å². The van der Waals surface area contributed by atoms with Crippen LogP contribution in [0, 0.1) is 0 Å². The van der Waals surface area contributed by atoms with Crippen LogP contribution in [0.15, 0.2) is 30.3 Å². The summed E-state index contributed by atoms with van der Waals surface area (Å²) in [5.41, 5.74) is 0.823. The number of methoxy groups -OCH3 is 1. The van der Waals surface area contributed by atoms with E-state index in [1.165, 1.54) is 7.11 Å². The van der Waals surface area contributed by atoms with Gasteiger partial charge in [-0.3, -0.25) is 9.59 Å². The Kier molecular flexibility index (Phi) is 4.16. The Morgan fingerprint density at radius 3 is 2.73 bits per heavy atom. The molecule has 2 heterocycles. The Hall–Kier alpha value is -1.88. The van der Waals surface area contributed by atoms with Gasteiger partial charge in [-0.1, -0.05) is 30.3 Å². The molecule has 0 aliphatic carbocycles. The second kappa shape index (κ2) is 6.08. The van der Waals surface area contributed by atoms with E-state index in [9.17, 15) is 9.59 Å². The molecule has 0 N–H and O–H groups in total. The van der Waals surface area contributed by atoms with Gasteiger partial charge in [0, 0.05) is 26.2 Å². The van der Waals surface area contributed by atoms with Crippen molar-refractivity contribution in [3.05, 3.63) is 35.9 Å². The van der Waals surface area contributed by atoms with E-state index in [-0.39, 0.29) is 17.9 Å². The molecule has 5 heteroatoms. The van der Waals surface area contributed by atoms with Crippen LogP contribution >= 0.6 is 0 Å². The predicted molar refractivity (Wildman–Crippen MR) is 82.1 cm³/mol. The molecule has 0 bridgehead atoms. The van der Waals surface area contributed by atoms with Gasteiger partial charge in [-0.2, -0.15) is 0 Å². The van der Waals surface area contributed by atoms with Gasteiger partial charge in [0.15, 0.2) is 6.10 Å². The van der Waals surface area contributed by atoms with E-state index in [1.807, 2.05) is 42.2 Å². The Labute approximate surface area is 130 Å². The first-order valence-corrected chi connectivity index (χ1v) is 7.82. The van der Waals surface area contributed by atoms with Gasteiger partial charge in [-0.05, 0) is 25.3 Å². The molecule has 2 saturated heterocycles. The number of rotatable bonds is 3. The molecule has 0 saturated carbocycles. The molecule has 0 unspecified atom stereocenters. The van der Waals surface area contributed by atoms with Gasteiger partial charge in [-0.15, -0.1) is 0 Å². The molecule has 2 fully saturated rings. The molecule has 0 aromatic heterocycles. The quantitative estimate of drug-likeness (QED) is 0.852. The van der Waals surface area contributed by atoms with E-state index in [2.05, 4.69) is 0 Å². The van der Waals surface area contributed by atoms with Crippen LogP contribution in [0.2, 0.25) is 0 Å². The van der Waals surface area contributed by atoms with Crippen LogP contribution in [-0.4, -0.2) is 53.9 Å². The van der Waals surface area contributed by atoms with Crippen LogP contribution in [0.1, 0.15) is 31.4 Å². The highest BCUT2D eigenvalue weighted by Gasteiger charge is 2.43. The van der Waals surface area contributed by atoms with E-state index in [1.54, 1.807) is 4.90 Å². The normalized spacial score (nSPS) is 26.0. The van der Waals surface area contributed by atoms with Gasteiger partial charge in [-0.25, -0.2) is 0 Å². The summed E-state index contributed by atoms with van der Waals surface area (Å²) in [6.07, 6.45) is 1.35. The average molecular weight is 302 g/mol. The smallest absolute Gasteiger partial charge is 0.257 e. The van der Waals surface area contributed by atoms with Crippen molar-refractivity contribution in [3.8, 4) is 0 Å². The number of carbonyl (C=O) groups excluding carboxylic acids is 2. The lowest BCUT2D eigenvalue weighted by molar-refractivity contribution is -0.158. The summed E-state index contributed by atoms with van der Waals surface area (Å²) in [5, 5.41) is 0. The molecular weight excluding hydrogens is 280 g/mol. The summed E-state index contributed by atoms with van der Waals surface area (Å²) < 4.78 is 5.43. The maximum Gasteiger partial charge on any atom is 0.257 e. The highest BCUT2D eigenvalue weighted by molar-refractivity contribution is 5.91. The van der Waals surface area contributed by atoms with Crippen LogP contribution in [0.25, 0.3) is 0 Å². The van der Waals surface area contributed by atoms with Gasteiger partial charge < -0.3 is 14.5 Å². The highest BCUT2D eigenvalue weighted by Crippen LogP contribution is 2.28. The van der Waals surface area contributed by atoms with Gasteiger partial charge in [0.1, 0.15) is 6.04 Å². The maximum atomic E-state index is 12.9. The van der Waals surface area contributed by atoms with E-state index in [4.69, 9.17) is 4.74 Å². The monoisotopic (exact) mass is 302 g/mol. The van der Waals surface area contributed by atoms with Crippen molar-refractivity contribution in [2.45, 2.75) is 38.0 Å². The van der Waals surface area contributed by atoms with E-state index in [0.717, 1.165) is 24.9 Å². The lowest BCUT2D eigenvalue weighted by Gasteiger charge is -2.42. The Morgan fingerprint density at radius 2 is 2.05 bits per heavy atom. The van der Waals surface area contributed by atoms with E-state index >= 15 is 0 Å². The minimum Gasteiger partial charge on any atom is -0.367 e. The summed E-state index contributed by atoms with van der Waals surface area (Å²) in [5.74, 6) is -0.0638. The molecular formula is C17H22N2O3. The lowest BCUT2D eigenvalue weighted by atomic mass is 10.0. The van der Waals surface area contributed by atoms with E-state index in [0.29, 0.717) is 6.54 Å². The van der Waals surface area contributed by atoms with Crippen LogP contribution in [0.4, 0.5) is 0 Å². The second-order valence-corrected chi connectivity index (χ2v) is 6.02. The maximum absolute atomic E-state index is 12.9. The number of benzene rings is 1. The zero-order chi connectivity index (χ0) is 15.7. The van der Waals surface area contributed by atoms with Crippen molar-refractivity contribution >= 4 is 11.8 Å². The number of nitrogens with zero attached hydrogens (tertiary/aromatic N) is 2. The topological polar surface area (TPSA) is 49.9 Å². The third-order valence-electron chi connectivity index (χ3n) is 4.74. The molecule has 3 atom stereocenters. The van der Waals surface area contributed by atoms with Crippen molar-refractivity contribution in [2.75, 3.05) is 20.2 Å². The summed E-state index contributed by atoms with van der Waals surface area (Å²) in [6.45, 7) is 3.24. The zero-order valence-corrected chi connectivity index (χ0v) is 13.1. The third-order valence-corrected chi connectivity index (χ3v) is 4.74. The molecule has 1 aromatic rings. The van der Waals surface area contributed by atoms with Crippen molar-refractivity contribution in [1.29, 1.82) is 0 Å². The van der Waals surface area contributed by atoms with Crippen molar-refractivity contribution < 1.29 is 14.3 Å². The van der Waals surface area contributed by atoms with Gasteiger partial charge >= 0.3 is 0 Å². The summed E-state index contributed by atoms with van der Waals surface area (Å²) in [6, 6.07) is 9.19. The summed E-state index contributed by atoms with van der Waals surface area (Å²) in [4.78, 5) is 29.0. The first kappa shape index (κ1) is 15.0. The van der Waals surface area contributed by atoms with Crippen LogP contribution in [0.3, 0.4) is 0 Å². The van der Waals surface area contributed by atoms with Gasteiger partial charge in [0.25, 0.3) is 5.91 Å². The number of hydrogen-bond donors (Lipinski definition) is 0. The van der Waals surface area contributed by atoms with Crippen molar-refractivity contribution in [1.82, 2.24) is 9.80 Å². The fourth-order valence-corrected chi connectivity index (χ4v) is 3.51. The molecule has 5 nitrogen and oxygen atoms in total. The molecule has 1 aromatic carbocycles. The number of ether oxygens (including phenoxy) is 1. The van der Waals surface area contributed by atoms with E-state index < -0.39 is 12.1 Å². The molecule has 118 valence electrons. The summed E-state index contributed by atoms with van der Waals surface area (Å²) in [7, 11) is 1.54. The standard InChI is InChI=1S/C17H22N2O3/c1-12-16(20)18-10-6-9-14(18)11-19(12)17(21)15(22-2)13-7-4-3-5-8-13/h3-5,7-8,12,14-15H,6,9-11H2,1-2H3/t12-,14+,15-/m1/s1. The molecule has 2 aliphatic rings. The first-order chi connectivity index (χ1) is 10.6. The van der Waals surface area contributed by atoms with Crippen LogP contribution < -0.4 is 0 Å². The molecule has 2 amide bonds. The fraction of sp³-hybridized carbons (Fsp3) is 0.529. The molecule has 0 radical (unpaired) electrons. The molecule has 2 aliphatic heterocycles. The third kappa shape index (κ3) is 2.50. The Bertz CT molecular complexity index is 560. The van der Waals surface area contributed by atoms with Crippen molar-refractivity contribution in [3.63, 3.8) is 0 Å². The number of fused-ring (bicyclic) bond motifs is 1. The van der Waals surface area contributed by atoms with Gasteiger partial charge in [0.2, 0.25) is 5.91 Å². The summed E-state index contributed by atoms with van der Waals surface area (Å²) >= 11 is 0. The molecule has 0 spiro atoms. The minimum atomic E-state index is -0.649. The number of hydrogen-bond acceptors (Lipinski definition) is 3.